The SMILES string of the molecule is O=C(c1ccccc1-c1ncccn1)N1CC2CC23CC(Nc2cnc(Cl)cn2)C13. The Balaban J connectivity index is 1.29. The average Bonchev–Trinajstić information content (AvgIpc) is 3.43. The number of anilines is 1. The Morgan fingerprint density at radius 3 is 2.70 bits per heavy atom. The fourth-order valence-electron chi connectivity index (χ4n) is 5.39. The molecule has 1 N–H and O–H groups in total. The number of nitrogens with zero attached hydrogens (tertiary/aromatic N) is 5. The summed E-state index contributed by atoms with van der Waals surface area (Å²) in [5, 5.41) is 3.83. The van der Waals surface area contributed by atoms with Crippen LogP contribution in [0.4, 0.5) is 5.82 Å². The second kappa shape index (κ2) is 6.47. The molecule has 3 aromatic rings. The minimum Gasteiger partial charge on any atom is -0.364 e. The summed E-state index contributed by atoms with van der Waals surface area (Å²) >= 11 is 5.85. The second-order valence-electron chi connectivity index (χ2n) is 8.33. The lowest BCUT2D eigenvalue weighted by Gasteiger charge is -2.48. The van der Waals surface area contributed by atoms with Gasteiger partial charge >= 0.3 is 0 Å². The highest BCUT2D eigenvalue weighted by Crippen LogP contribution is 2.71. The van der Waals surface area contributed by atoms with Crippen molar-refractivity contribution in [1.29, 1.82) is 0 Å². The average molecular weight is 419 g/mol. The van der Waals surface area contributed by atoms with Crippen LogP contribution in [0.5, 0.6) is 0 Å². The first-order chi connectivity index (χ1) is 14.7. The molecule has 3 aliphatic rings. The van der Waals surface area contributed by atoms with E-state index in [1.807, 2.05) is 29.2 Å². The monoisotopic (exact) mass is 418 g/mol. The fraction of sp³-hybridized carbons (Fsp3) is 0.318. The van der Waals surface area contributed by atoms with Gasteiger partial charge in [0.25, 0.3) is 5.91 Å². The van der Waals surface area contributed by atoms with Crippen molar-refractivity contribution in [3.8, 4) is 11.4 Å². The Morgan fingerprint density at radius 2 is 1.90 bits per heavy atom. The van der Waals surface area contributed by atoms with Crippen LogP contribution in [0.15, 0.2) is 55.1 Å². The predicted molar refractivity (Wildman–Crippen MR) is 112 cm³/mol. The molecule has 7 nitrogen and oxygen atoms in total. The number of halogens is 1. The summed E-state index contributed by atoms with van der Waals surface area (Å²) < 4.78 is 0. The van der Waals surface area contributed by atoms with Crippen LogP contribution in [-0.4, -0.2) is 49.4 Å². The largest absolute Gasteiger partial charge is 0.364 e. The van der Waals surface area contributed by atoms with Crippen molar-refractivity contribution in [3.63, 3.8) is 0 Å². The Hall–Kier alpha value is -3.06. The predicted octanol–water partition coefficient (Wildman–Crippen LogP) is 3.30. The first-order valence-corrected chi connectivity index (χ1v) is 10.4. The summed E-state index contributed by atoms with van der Waals surface area (Å²) in [7, 11) is 0. The highest BCUT2D eigenvalue weighted by atomic mass is 35.5. The molecule has 30 heavy (non-hydrogen) atoms. The number of rotatable bonds is 4. The second-order valence-corrected chi connectivity index (χ2v) is 8.72. The molecule has 8 heteroatoms. The van der Waals surface area contributed by atoms with E-state index in [-0.39, 0.29) is 23.4 Å². The molecule has 2 aliphatic carbocycles. The van der Waals surface area contributed by atoms with Crippen molar-refractivity contribution in [2.45, 2.75) is 24.9 Å². The topological polar surface area (TPSA) is 83.9 Å². The zero-order valence-electron chi connectivity index (χ0n) is 16.1. The van der Waals surface area contributed by atoms with E-state index < -0.39 is 0 Å². The Bertz CT molecular complexity index is 1120. The molecule has 150 valence electrons. The van der Waals surface area contributed by atoms with Crippen LogP contribution < -0.4 is 5.32 Å². The van der Waals surface area contributed by atoms with Crippen molar-refractivity contribution in [3.05, 3.63) is 65.8 Å². The molecular weight excluding hydrogens is 400 g/mol. The number of likely N-dealkylation sites (tertiary alicyclic amines) is 1. The molecule has 4 atom stereocenters. The molecular formula is C22H19ClN6O. The number of piperidine rings is 1. The van der Waals surface area contributed by atoms with Crippen molar-refractivity contribution >= 4 is 23.3 Å². The minimum atomic E-state index is 0.0447. The quantitative estimate of drug-likeness (QED) is 0.699. The van der Waals surface area contributed by atoms with E-state index in [0.717, 1.165) is 18.5 Å². The van der Waals surface area contributed by atoms with E-state index >= 15 is 0 Å². The van der Waals surface area contributed by atoms with Crippen LogP contribution in [-0.2, 0) is 0 Å². The third kappa shape index (κ3) is 2.61. The smallest absolute Gasteiger partial charge is 0.254 e. The van der Waals surface area contributed by atoms with Gasteiger partial charge in [-0.05, 0) is 36.3 Å². The van der Waals surface area contributed by atoms with Crippen molar-refractivity contribution in [2.24, 2.45) is 11.3 Å². The highest BCUT2D eigenvalue weighted by Gasteiger charge is 2.75. The molecule has 1 aliphatic heterocycles. The van der Waals surface area contributed by atoms with Crippen LogP contribution in [0.25, 0.3) is 11.4 Å². The molecule has 3 heterocycles. The molecule has 2 saturated carbocycles. The van der Waals surface area contributed by atoms with Crippen LogP contribution in [0, 0.1) is 11.3 Å². The van der Waals surface area contributed by atoms with Gasteiger partial charge in [-0.2, -0.15) is 0 Å². The maximum absolute atomic E-state index is 13.6. The lowest BCUT2D eigenvalue weighted by molar-refractivity contribution is 0.0472. The Morgan fingerprint density at radius 1 is 1.07 bits per heavy atom. The van der Waals surface area contributed by atoms with E-state index in [9.17, 15) is 4.79 Å². The standard InChI is InChI=1S/C22H19ClN6O/c23-17-10-27-18(11-26-17)28-16-9-22-8-13(22)12-29(19(16)22)21(30)15-5-2-1-4-14(15)20-24-6-3-7-25-20/h1-7,10-11,13,16,19H,8-9,12H2,(H,27,28). The van der Waals surface area contributed by atoms with Gasteiger partial charge in [0, 0.05) is 30.5 Å². The number of nitrogens with one attached hydrogen (secondary N) is 1. The zero-order chi connectivity index (χ0) is 20.3. The number of benzene rings is 1. The lowest BCUT2D eigenvalue weighted by Crippen LogP contribution is -2.60. The Labute approximate surface area is 178 Å². The van der Waals surface area contributed by atoms with E-state index in [2.05, 4.69) is 25.3 Å². The molecule has 0 bridgehead atoms. The van der Waals surface area contributed by atoms with Crippen LogP contribution >= 0.6 is 11.6 Å². The number of carbonyl (C=O) groups excluding carboxylic acids is 1. The first-order valence-electron chi connectivity index (χ1n) is 10.1. The molecule has 3 fully saturated rings. The maximum atomic E-state index is 13.6. The molecule has 1 aromatic carbocycles. The van der Waals surface area contributed by atoms with Crippen LogP contribution in [0.1, 0.15) is 23.2 Å². The number of hydrogen-bond acceptors (Lipinski definition) is 6. The van der Waals surface area contributed by atoms with E-state index in [0.29, 0.717) is 28.3 Å². The van der Waals surface area contributed by atoms with Gasteiger partial charge in [0.1, 0.15) is 11.0 Å². The van der Waals surface area contributed by atoms with Crippen molar-refractivity contribution < 1.29 is 4.79 Å². The molecule has 1 saturated heterocycles. The van der Waals surface area contributed by atoms with E-state index in [4.69, 9.17) is 11.6 Å². The van der Waals surface area contributed by atoms with Gasteiger partial charge in [0.05, 0.1) is 24.0 Å². The Kier molecular flexibility index (Phi) is 3.83. The van der Waals surface area contributed by atoms with Crippen LogP contribution in [0.2, 0.25) is 5.15 Å². The minimum absolute atomic E-state index is 0.0447. The maximum Gasteiger partial charge on any atom is 0.254 e. The fourth-order valence-corrected chi connectivity index (χ4v) is 5.49. The third-order valence-corrected chi connectivity index (χ3v) is 6.98. The number of carbonyl (C=O) groups is 1. The highest BCUT2D eigenvalue weighted by molar-refractivity contribution is 6.29. The number of amides is 1. The normalized spacial score (nSPS) is 28.3. The molecule has 1 spiro atoms. The summed E-state index contributed by atoms with van der Waals surface area (Å²) in [5.74, 6) is 1.90. The number of aromatic nitrogens is 4. The number of hydrogen-bond donors (Lipinski definition) is 1. The summed E-state index contributed by atoms with van der Waals surface area (Å²) in [5.41, 5.74) is 1.69. The van der Waals surface area contributed by atoms with Gasteiger partial charge in [-0.25, -0.2) is 19.9 Å². The summed E-state index contributed by atoms with van der Waals surface area (Å²) in [6.45, 7) is 0.804. The molecule has 4 unspecified atom stereocenters. The first kappa shape index (κ1) is 17.8. The third-order valence-electron chi connectivity index (χ3n) is 6.78. The van der Waals surface area contributed by atoms with Crippen LogP contribution in [0.3, 0.4) is 0 Å². The van der Waals surface area contributed by atoms with Gasteiger partial charge in [-0.1, -0.05) is 29.8 Å². The van der Waals surface area contributed by atoms with E-state index in [1.165, 1.54) is 12.6 Å². The van der Waals surface area contributed by atoms with Gasteiger partial charge in [0.15, 0.2) is 5.82 Å². The summed E-state index contributed by atoms with van der Waals surface area (Å²) in [4.78, 5) is 32.8. The molecule has 6 rings (SSSR count). The summed E-state index contributed by atoms with van der Waals surface area (Å²) in [6.07, 6.45) is 8.83. The summed E-state index contributed by atoms with van der Waals surface area (Å²) in [6, 6.07) is 9.69. The van der Waals surface area contributed by atoms with Crippen molar-refractivity contribution in [2.75, 3.05) is 11.9 Å². The van der Waals surface area contributed by atoms with Crippen molar-refractivity contribution in [1.82, 2.24) is 24.8 Å². The molecule has 1 amide bonds. The van der Waals surface area contributed by atoms with Gasteiger partial charge in [-0.15, -0.1) is 0 Å². The van der Waals surface area contributed by atoms with E-state index in [1.54, 1.807) is 24.7 Å². The van der Waals surface area contributed by atoms with Gasteiger partial charge in [-0.3, -0.25) is 4.79 Å². The van der Waals surface area contributed by atoms with Gasteiger partial charge in [0.2, 0.25) is 0 Å². The lowest BCUT2D eigenvalue weighted by atomic mass is 9.71. The van der Waals surface area contributed by atoms with Gasteiger partial charge < -0.3 is 10.2 Å². The zero-order valence-corrected chi connectivity index (χ0v) is 16.8. The molecule has 0 radical (unpaired) electrons. The molecule has 2 aromatic heterocycles.